The summed E-state index contributed by atoms with van der Waals surface area (Å²) in [5.74, 6) is 1.23. The van der Waals surface area contributed by atoms with E-state index in [9.17, 15) is 9.59 Å². The van der Waals surface area contributed by atoms with Gasteiger partial charge >= 0.3 is 5.97 Å². The van der Waals surface area contributed by atoms with Gasteiger partial charge in [-0.15, -0.1) is 0 Å². The molecule has 0 spiro atoms. The minimum absolute atomic E-state index is 0.0957. The molecule has 0 radical (unpaired) electrons. The molecule has 0 saturated heterocycles. The number of nitrogens with one attached hydrogen (secondary N) is 1. The van der Waals surface area contributed by atoms with Crippen molar-refractivity contribution in [2.45, 2.75) is 33.4 Å². The van der Waals surface area contributed by atoms with Gasteiger partial charge in [-0.2, -0.15) is 4.98 Å². The maximum Gasteiger partial charge on any atom is 0.355 e. The summed E-state index contributed by atoms with van der Waals surface area (Å²) >= 11 is 0. The second-order valence-electron chi connectivity index (χ2n) is 8.79. The van der Waals surface area contributed by atoms with Crippen molar-refractivity contribution in [3.8, 4) is 11.4 Å². The quantitative estimate of drug-likeness (QED) is 0.404. The van der Waals surface area contributed by atoms with E-state index in [2.05, 4.69) is 20.4 Å². The maximum absolute atomic E-state index is 13.0. The summed E-state index contributed by atoms with van der Waals surface area (Å²) in [5.41, 5.74) is 2.59. The standard InChI is InChI=1S/C25H26N6O4/c1-14(2)34-25(33)20-12-19-21(30(20)4)13-31(24(19)32)10-9-27-23-18-11-17(22-28-15(3)35-29-22)6-5-16(18)7-8-26-23/h5-8,11-12,14H,9-10,13H2,1-4H3,(H,26,27). The van der Waals surface area contributed by atoms with Gasteiger partial charge in [0, 0.05) is 44.2 Å². The molecule has 1 N–H and O–H groups in total. The first kappa shape index (κ1) is 22.6. The number of aryl methyl sites for hydroxylation is 1. The molecule has 0 bridgehead atoms. The number of hydrogen-bond donors (Lipinski definition) is 1. The second-order valence-corrected chi connectivity index (χ2v) is 8.79. The highest BCUT2D eigenvalue weighted by atomic mass is 16.5. The highest BCUT2D eigenvalue weighted by Gasteiger charge is 2.33. The predicted octanol–water partition coefficient (Wildman–Crippen LogP) is 3.56. The Morgan fingerprint density at radius 3 is 2.80 bits per heavy atom. The third-order valence-corrected chi connectivity index (χ3v) is 5.99. The van der Waals surface area contributed by atoms with E-state index < -0.39 is 5.97 Å². The van der Waals surface area contributed by atoms with Crippen LogP contribution in [0.5, 0.6) is 0 Å². The van der Waals surface area contributed by atoms with Gasteiger partial charge in [0.2, 0.25) is 11.7 Å². The van der Waals surface area contributed by atoms with E-state index in [-0.39, 0.29) is 12.0 Å². The molecular formula is C25H26N6O4. The highest BCUT2D eigenvalue weighted by Crippen LogP contribution is 2.28. The Bertz CT molecular complexity index is 1440. The van der Waals surface area contributed by atoms with Gasteiger partial charge in [0.05, 0.1) is 23.9 Å². The molecule has 0 aliphatic carbocycles. The van der Waals surface area contributed by atoms with Crippen LogP contribution in [0.4, 0.5) is 5.82 Å². The minimum Gasteiger partial charge on any atom is -0.458 e. The fraction of sp³-hybridized carbons (Fsp3) is 0.320. The number of anilines is 1. The smallest absolute Gasteiger partial charge is 0.355 e. The molecule has 3 aromatic heterocycles. The lowest BCUT2D eigenvalue weighted by molar-refractivity contribution is 0.0366. The zero-order valence-electron chi connectivity index (χ0n) is 20.0. The number of carbonyl (C=O) groups is 2. The number of benzene rings is 1. The van der Waals surface area contributed by atoms with Gasteiger partial charge in [0.1, 0.15) is 11.5 Å². The number of pyridine rings is 1. The van der Waals surface area contributed by atoms with Crippen LogP contribution in [0.2, 0.25) is 0 Å². The minimum atomic E-state index is -0.421. The Hall–Kier alpha value is -4.21. The SMILES string of the molecule is Cc1nc(-c2ccc3ccnc(NCCN4Cc5c(cc(C(=O)OC(C)C)n5C)C4=O)c3c2)no1. The number of fused-ring (bicyclic) bond motifs is 2. The van der Waals surface area contributed by atoms with E-state index in [0.717, 1.165) is 22.0 Å². The monoisotopic (exact) mass is 474 g/mol. The van der Waals surface area contributed by atoms with Gasteiger partial charge in [-0.05, 0) is 37.4 Å². The van der Waals surface area contributed by atoms with Gasteiger partial charge in [-0.25, -0.2) is 9.78 Å². The van der Waals surface area contributed by atoms with Gasteiger partial charge < -0.3 is 24.0 Å². The number of ether oxygens (including phenoxy) is 1. The van der Waals surface area contributed by atoms with Crippen molar-refractivity contribution >= 4 is 28.5 Å². The van der Waals surface area contributed by atoms with Crippen LogP contribution in [0.3, 0.4) is 0 Å². The molecule has 4 aromatic rings. The van der Waals surface area contributed by atoms with Crippen LogP contribution in [0, 0.1) is 6.92 Å². The number of rotatable bonds is 7. The largest absolute Gasteiger partial charge is 0.458 e. The lowest BCUT2D eigenvalue weighted by atomic mass is 10.1. The summed E-state index contributed by atoms with van der Waals surface area (Å²) in [5, 5.41) is 9.30. The average Bonchev–Trinajstić information content (AvgIpc) is 3.49. The molecule has 0 unspecified atom stereocenters. The van der Waals surface area contributed by atoms with Crippen LogP contribution in [-0.4, -0.2) is 55.7 Å². The Labute approximate surface area is 201 Å². The molecular weight excluding hydrogens is 448 g/mol. The third kappa shape index (κ3) is 4.23. The highest BCUT2D eigenvalue weighted by molar-refractivity contribution is 6.01. The van der Waals surface area contributed by atoms with Gasteiger partial charge in [0.15, 0.2) is 0 Å². The van der Waals surface area contributed by atoms with Crippen molar-refractivity contribution in [3.63, 3.8) is 0 Å². The number of esters is 1. The molecule has 5 rings (SSSR count). The molecule has 10 heteroatoms. The van der Waals surface area contributed by atoms with Crippen LogP contribution >= 0.6 is 0 Å². The van der Waals surface area contributed by atoms with E-state index in [1.54, 1.807) is 49.5 Å². The van der Waals surface area contributed by atoms with E-state index in [1.165, 1.54) is 0 Å². The van der Waals surface area contributed by atoms with Gasteiger partial charge in [-0.3, -0.25) is 4.79 Å². The molecule has 180 valence electrons. The second kappa shape index (κ2) is 8.86. The molecule has 1 aromatic carbocycles. The molecule has 35 heavy (non-hydrogen) atoms. The summed E-state index contributed by atoms with van der Waals surface area (Å²) in [6.07, 6.45) is 1.53. The van der Waals surface area contributed by atoms with Crippen molar-refractivity contribution < 1.29 is 18.8 Å². The average molecular weight is 475 g/mol. The summed E-state index contributed by atoms with van der Waals surface area (Å²) in [4.78, 5) is 35.8. The van der Waals surface area contributed by atoms with Crippen LogP contribution < -0.4 is 5.32 Å². The van der Waals surface area contributed by atoms with Crippen molar-refractivity contribution in [2.24, 2.45) is 7.05 Å². The zero-order chi connectivity index (χ0) is 24.7. The van der Waals surface area contributed by atoms with Crippen LogP contribution in [0.15, 0.2) is 41.1 Å². The van der Waals surface area contributed by atoms with Crippen LogP contribution in [-0.2, 0) is 18.3 Å². The fourth-order valence-electron chi connectivity index (χ4n) is 4.27. The number of hydrogen-bond acceptors (Lipinski definition) is 8. The van der Waals surface area contributed by atoms with E-state index in [4.69, 9.17) is 9.26 Å². The van der Waals surface area contributed by atoms with Crippen molar-refractivity contribution in [1.29, 1.82) is 0 Å². The van der Waals surface area contributed by atoms with Crippen molar-refractivity contribution in [2.75, 3.05) is 18.4 Å². The lowest BCUT2D eigenvalue weighted by Crippen LogP contribution is -2.30. The first-order chi connectivity index (χ1) is 16.8. The number of amides is 1. The number of aromatic nitrogens is 4. The van der Waals surface area contributed by atoms with Gasteiger partial charge in [0.25, 0.3) is 5.91 Å². The molecule has 0 fully saturated rings. The third-order valence-electron chi connectivity index (χ3n) is 5.99. The summed E-state index contributed by atoms with van der Waals surface area (Å²) in [6, 6.07) is 9.48. The van der Waals surface area contributed by atoms with Crippen molar-refractivity contribution in [1.82, 2.24) is 24.6 Å². The molecule has 4 heterocycles. The van der Waals surface area contributed by atoms with Gasteiger partial charge in [-0.1, -0.05) is 17.3 Å². The molecule has 1 amide bonds. The molecule has 1 aliphatic heterocycles. The number of nitrogens with zero attached hydrogens (tertiary/aromatic N) is 5. The van der Waals surface area contributed by atoms with E-state index >= 15 is 0 Å². The Morgan fingerprint density at radius 1 is 1.26 bits per heavy atom. The first-order valence-electron chi connectivity index (χ1n) is 11.4. The van der Waals surface area contributed by atoms with Crippen LogP contribution in [0.25, 0.3) is 22.2 Å². The maximum atomic E-state index is 13.0. The fourth-order valence-corrected chi connectivity index (χ4v) is 4.27. The topological polar surface area (TPSA) is 115 Å². The summed E-state index contributed by atoms with van der Waals surface area (Å²) in [6.45, 7) is 6.78. The first-order valence-corrected chi connectivity index (χ1v) is 11.4. The Kier molecular flexibility index (Phi) is 5.72. The molecule has 0 saturated carbocycles. The Morgan fingerprint density at radius 2 is 2.09 bits per heavy atom. The van der Waals surface area contributed by atoms with Crippen LogP contribution in [0.1, 0.15) is 46.3 Å². The van der Waals surface area contributed by atoms with E-state index in [0.29, 0.717) is 48.4 Å². The lowest BCUT2D eigenvalue weighted by Gasteiger charge is -2.18. The molecule has 10 nitrogen and oxygen atoms in total. The normalized spacial score (nSPS) is 13.1. The predicted molar refractivity (Wildman–Crippen MR) is 129 cm³/mol. The zero-order valence-corrected chi connectivity index (χ0v) is 20.0. The Balaban J connectivity index is 1.28. The molecule has 0 atom stereocenters. The number of carbonyl (C=O) groups excluding carboxylic acids is 2. The van der Waals surface area contributed by atoms with Crippen molar-refractivity contribution in [3.05, 3.63) is 59.4 Å². The summed E-state index contributed by atoms with van der Waals surface area (Å²) in [7, 11) is 1.79. The summed E-state index contributed by atoms with van der Waals surface area (Å²) < 4.78 is 12.1. The van der Waals surface area contributed by atoms with E-state index in [1.807, 2.05) is 24.3 Å². The molecule has 1 aliphatic rings.